The number of aliphatic imine (C=N–C) groups is 1. The molecule has 0 radical (unpaired) electrons. The van der Waals surface area contributed by atoms with E-state index >= 15 is 0 Å². The highest BCUT2D eigenvalue weighted by Crippen LogP contribution is 2.62. The zero-order valence-electron chi connectivity index (χ0n) is 16.3. The van der Waals surface area contributed by atoms with Crippen LogP contribution in [0.15, 0.2) is 17.1 Å². The van der Waals surface area contributed by atoms with Gasteiger partial charge in [-0.1, -0.05) is 18.6 Å². The summed E-state index contributed by atoms with van der Waals surface area (Å²) < 4.78 is 6.04. The molecule has 3 unspecified atom stereocenters. The van der Waals surface area contributed by atoms with Gasteiger partial charge in [0.1, 0.15) is 0 Å². The van der Waals surface area contributed by atoms with Gasteiger partial charge in [0.15, 0.2) is 5.96 Å². The number of likely N-dealkylation sites (tertiary alicyclic amines) is 1. The Labute approximate surface area is 175 Å². The lowest BCUT2D eigenvalue weighted by Gasteiger charge is -2.63. The summed E-state index contributed by atoms with van der Waals surface area (Å²) in [6.07, 6.45) is 8.09. The van der Waals surface area contributed by atoms with Crippen molar-refractivity contribution >= 4 is 29.9 Å². The highest BCUT2D eigenvalue weighted by molar-refractivity contribution is 14.0. The normalized spacial score (nSPS) is 33.6. The minimum absolute atomic E-state index is 0. The third-order valence-corrected chi connectivity index (χ3v) is 6.97. The summed E-state index contributed by atoms with van der Waals surface area (Å²) in [5.74, 6) is 1.69. The molecule has 26 heavy (non-hydrogen) atoms. The fraction of sp³-hybridized carbons (Fsp3) is 0.850. The molecule has 0 bridgehead atoms. The second-order valence-electron chi connectivity index (χ2n) is 8.68. The maximum atomic E-state index is 6.04. The molecule has 4 aliphatic rings. The maximum absolute atomic E-state index is 6.04. The van der Waals surface area contributed by atoms with Gasteiger partial charge in [-0.3, -0.25) is 9.89 Å². The average Bonchev–Trinajstić information content (AvgIpc) is 2.96. The average molecular weight is 474 g/mol. The molecule has 2 aliphatic heterocycles. The van der Waals surface area contributed by atoms with Crippen molar-refractivity contribution in [2.24, 2.45) is 16.3 Å². The van der Waals surface area contributed by atoms with Gasteiger partial charge in [-0.05, 0) is 39.0 Å². The van der Waals surface area contributed by atoms with E-state index in [1.807, 2.05) is 7.05 Å². The first-order valence-corrected chi connectivity index (χ1v) is 10.1. The summed E-state index contributed by atoms with van der Waals surface area (Å²) in [6.45, 7) is 10.4. The van der Waals surface area contributed by atoms with Crippen LogP contribution in [0.3, 0.4) is 0 Å². The van der Waals surface area contributed by atoms with Crippen LogP contribution >= 0.6 is 24.0 Å². The van der Waals surface area contributed by atoms with E-state index in [2.05, 4.69) is 34.0 Å². The highest BCUT2D eigenvalue weighted by Gasteiger charge is 2.66. The number of nitrogens with zero attached hydrogens (tertiary/aromatic N) is 2. The van der Waals surface area contributed by atoms with Crippen molar-refractivity contribution in [3.63, 3.8) is 0 Å². The first-order valence-electron chi connectivity index (χ1n) is 10.1. The molecule has 0 amide bonds. The van der Waals surface area contributed by atoms with E-state index in [9.17, 15) is 0 Å². The largest absolute Gasteiger partial charge is 0.377 e. The van der Waals surface area contributed by atoms with Crippen LogP contribution in [0.4, 0.5) is 0 Å². The molecule has 0 aromatic rings. The molecule has 0 aromatic heterocycles. The van der Waals surface area contributed by atoms with Crippen LogP contribution in [-0.4, -0.2) is 62.3 Å². The number of rotatable bonds is 4. The number of hydrogen-bond acceptors (Lipinski definition) is 3. The molecule has 5 nitrogen and oxygen atoms in total. The smallest absolute Gasteiger partial charge is 0.191 e. The fourth-order valence-corrected chi connectivity index (χ4v) is 5.58. The van der Waals surface area contributed by atoms with Gasteiger partial charge in [0.25, 0.3) is 0 Å². The monoisotopic (exact) mass is 474 g/mol. The number of nitrogens with one attached hydrogen (secondary N) is 2. The minimum Gasteiger partial charge on any atom is -0.377 e. The van der Waals surface area contributed by atoms with Crippen LogP contribution in [0.2, 0.25) is 0 Å². The standard InChI is InChI=1S/C20H34N4O.HI/c1-14(2)13-24-10-5-15(6-11-24)22-19(21-3)23-17-16-7-12-25-18(16)20(17)8-4-9-20;/h15-18H,1,4-13H2,2-3H3,(H2,21,22,23);1H. The zero-order chi connectivity index (χ0) is 17.4. The van der Waals surface area contributed by atoms with Crippen LogP contribution in [0, 0.1) is 11.3 Å². The maximum Gasteiger partial charge on any atom is 0.191 e. The zero-order valence-corrected chi connectivity index (χ0v) is 18.6. The molecular weight excluding hydrogens is 439 g/mol. The molecule has 2 aliphatic carbocycles. The summed E-state index contributed by atoms with van der Waals surface area (Å²) in [7, 11) is 1.90. The van der Waals surface area contributed by atoms with Gasteiger partial charge in [0, 0.05) is 56.7 Å². The topological polar surface area (TPSA) is 48.9 Å². The molecule has 1 spiro atoms. The third-order valence-electron chi connectivity index (χ3n) is 6.97. The van der Waals surface area contributed by atoms with E-state index in [-0.39, 0.29) is 24.0 Å². The molecule has 3 atom stereocenters. The second kappa shape index (κ2) is 8.35. The first-order chi connectivity index (χ1) is 12.1. The van der Waals surface area contributed by atoms with Crippen molar-refractivity contribution < 1.29 is 4.74 Å². The Kier molecular flexibility index (Phi) is 6.55. The lowest BCUT2D eigenvalue weighted by atomic mass is 9.46. The van der Waals surface area contributed by atoms with Crippen molar-refractivity contribution in [2.75, 3.05) is 33.3 Å². The van der Waals surface area contributed by atoms with Crippen molar-refractivity contribution in [1.82, 2.24) is 15.5 Å². The number of piperidine rings is 1. The molecule has 2 saturated heterocycles. The fourth-order valence-electron chi connectivity index (χ4n) is 5.58. The van der Waals surface area contributed by atoms with Crippen molar-refractivity contribution in [1.29, 1.82) is 0 Å². The molecule has 2 N–H and O–H groups in total. The van der Waals surface area contributed by atoms with Gasteiger partial charge >= 0.3 is 0 Å². The SMILES string of the molecule is C=C(C)CN1CCC(NC(=NC)NC2C3CCOC3C23CCC3)CC1.I. The molecule has 0 aromatic carbocycles. The summed E-state index contributed by atoms with van der Waals surface area (Å²) in [4.78, 5) is 7.04. The van der Waals surface area contributed by atoms with Gasteiger partial charge in [0.2, 0.25) is 0 Å². The molecule has 4 fully saturated rings. The van der Waals surface area contributed by atoms with Gasteiger partial charge in [0.05, 0.1) is 6.10 Å². The van der Waals surface area contributed by atoms with E-state index in [0.29, 0.717) is 29.5 Å². The lowest BCUT2D eigenvalue weighted by Crippen LogP contribution is -2.72. The van der Waals surface area contributed by atoms with E-state index in [0.717, 1.165) is 32.2 Å². The van der Waals surface area contributed by atoms with E-state index in [1.165, 1.54) is 44.1 Å². The second-order valence-corrected chi connectivity index (χ2v) is 8.68. The quantitative estimate of drug-likeness (QED) is 0.285. The summed E-state index contributed by atoms with van der Waals surface area (Å²) in [5, 5.41) is 7.48. The number of fused-ring (bicyclic) bond motifs is 2. The van der Waals surface area contributed by atoms with Crippen molar-refractivity contribution in [3.8, 4) is 0 Å². The third kappa shape index (κ3) is 3.65. The Morgan fingerprint density at radius 2 is 1.96 bits per heavy atom. The number of ether oxygens (including phenoxy) is 1. The highest BCUT2D eigenvalue weighted by atomic mass is 127. The minimum atomic E-state index is 0. The summed E-state index contributed by atoms with van der Waals surface area (Å²) >= 11 is 0. The predicted molar refractivity (Wildman–Crippen MR) is 117 cm³/mol. The summed E-state index contributed by atoms with van der Waals surface area (Å²) in [6, 6.07) is 1.09. The molecule has 6 heteroatoms. The van der Waals surface area contributed by atoms with Gasteiger partial charge in [-0.25, -0.2) is 0 Å². The van der Waals surface area contributed by atoms with Gasteiger partial charge < -0.3 is 15.4 Å². The van der Waals surface area contributed by atoms with Crippen LogP contribution < -0.4 is 10.6 Å². The van der Waals surface area contributed by atoms with Gasteiger partial charge in [-0.15, -0.1) is 24.0 Å². The predicted octanol–water partition coefficient (Wildman–Crippen LogP) is 2.77. The number of halogens is 1. The lowest BCUT2D eigenvalue weighted by molar-refractivity contribution is -0.171. The van der Waals surface area contributed by atoms with Gasteiger partial charge in [-0.2, -0.15) is 0 Å². The summed E-state index contributed by atoms with van der Waals surface area (Å²) in [5.41, 5.74) is 1.66. The van der Waals surface area contributed by atoms with E-state index < -0.39 is 0 Å². The van der Waals surface area contributed by atoms with Crippen molar-refractivity contribution in [2.45, 2.75) is 63.6 Å². The Balaban J connectivity index is 0.00000196. The number of guanidine groups is 1. The Hall–Kier alpha value is -0.340. The molecule has 2 saturated carbocycles. The molecule has 2 heterocycles. The van der Waals surface area contributed by atoms with E-state index in [4.69, 9.17) is 4.74 Å². The Morgan fingerprint density at radius 1 is 1.23 bits per heavy atom. The molecule has 4 rings (SSSR count). The van der Waals surface area contributed by atoms with Crippen LogP contribution in [-0.2, 0) is 4.74 Å². The first kappa shape index (κ1) is 20.4. The van der Waals surface area contributed by atoms with Crippen molar-refractivity contribution in [3.05, 3.63) is 12.2 Å². The van der Waals surface area contributed by atoms with Crippen LogP contribution in [0.1, 0.15) is 45.4 Å². The van der Waals surface area contributed by atoms with Crippen LogP contribution in [0.5, 0.6) is 0 Å². The van der Waals surface area contributed by atoms with E-state index in [1.54, 1.807) is 0 Å². The number of hydrogen-bond donors (Lipinski definition) is 2. The Morgan fingerprint density at radius 3 is 2.54 bits per heavy atom. The Bertz CT molecular complexity index is 540. The molecule has 148 valence electrons. The molecular formula is C20H35IN4O. The van der Waals surface area contributed by atoms with Crippen LogP contribution in [0.25, 0.3) is 0 Å².